The van der Waals surface area contributed by atoms with Crippen LogP contribution < -0.4 is 0 Å². The molecular weight excluding hydrogens is 256 g/mol. The van der Waals surface area contributed by atoms with E-state index in [0.717, 1.165) is 5.78 Å². The van der Waals surface area contributed by atoms with E-state index in [0.29, 0.717) is 23.9 Å². The first-order valence-corrected chi connectivity index (χ1v) is 7.95. The van der Waals surface area contributed by atoms with Gasteiger partial charge in [0, 0.05) is 6.08 Å². The zero-order valence-electron chi connectivity index (χ0n) is 12.4. The molecule has 0 aromatic heterocycles. The molecule has 1 nitrogen and oxygen atoms in total. The van der Waals surface area contributed by atoms with Crippen LogP contribution in [0.25, 0.3) is 5.57 Å². The highest BCUT2D eigenvalue weighted by molar-refractivity contribution is 5.96. The maximum absolute atomic E-state index is 6.27. The summed E-state index contributed by atoms with van der Waals surface area (Å²) in [6.45, 7) is 2.09. The van der Waals surface area contributed by atoms with Crippen molar-refractivity contribution >= 4 is 11.4 Å². The zero-order valence-corrected chi connectivity index (χ0v) is 12.4. The van der Waals surface area contributed by atoms with E-state index in [4.69, 9.17) is 4.42 Å². The van der Waals surface area contributed by atoms with E-state index in [2.05, 4.69) is 67.6 Å². The molecule has 4 unspecified atom stereocenters. The highest BCUT2D eigenvalue weighted by Gasteiger charge is 2.48. The Morgan fingerprint density at radius 1 is 1.00 bits per heavy atom. The van der Waals surface area contributed by atoms with Gasteiger partial charge in [0.1, 0.15) is 0 Å². The van der Waals surface area contributed by atoms with Crippen LogP contribution in [-0.4, -0.2) is 11.9 Å². The summed E-state index contributed by atoms with van der Waals surface area (Å²) in [5.74, 6) is 2.75. The van der Waals surface area contributed by atoms with Gasteiger partial charge in [-0.2, -0.15) is 0 Å². The third-order valence-corrected chi connectivity index (χ3v) is 5.07. The van der Waals surface area contributed by atoms with Gasteiger partial charge >= 0.3 is 5.78 Å². The summed E-state index contributed by atoms with van der Waals surface area (Å²) in [4.78, 5) is 0. The minimum atomic E-state index is 0.296. The van der Waals surface area contributed by atoms with Crippen LogP contribution in [-0.2, 0) is 4.42 Å². The standard InChI is InChI=1S/C20H21O/c1-14-13-19(15-7-3-2-4-8-15)18-12-11-16-9-5-6-10-17(16)20(18)21-14/h2-10,13,16-18,20H,11-12H2,1H3/q+1. The van der Waals surface area contributed by atoms with Gasteiger partial charge in [0.15, 0.2) is 0 Å². The van der Waals surface area contributed by atoms with Gasteiger partial charge in [-0.25, -0.2) is 0 Å². The van der Waals surface area contributed by atoms with E-state index >= 15 is 0 Å². The molecule has 1 aliphatic heterocycles. The molecule has 1 heteroatoms. The van der Waals surface area contributed by atoms with Crippen molar-refractivity contribution in [3.63, 3.8) is 0 Å². The first kappa shape index (κ1) is 12.8. The Balaban J connectivity index is 1.73. The summed E-state index contributed by atoms with van der Waals surface area (Å²) in [7, 11) is 0. The van der Waals surface area contributed by atoms with Gasteiger partial charge in [-0.15, -0.1) is 0 Å². The molecule has 3 aliphatic rings. The predicted octanol–water partition coefficient (Wildman–Crippen LogP) is 4.35. The predicted molar refractivity (Wildman–Crippen MR) is 86.9 cm³/mol. The van der Waals surface area contributed by atoms with Crippen LogP contribution in [0.4, 0.5) is 0 Å². The molecule has 1 aromatic carbocycles. The van der Waals surface area contributed by atoms with Gasteiger partial charge in [-0.05, 0) is 29.9 Å². The van der Waals surface area contributed by atoms with E-state index in [1.165, 1.54) is 24.0 Å². The summed E-state index contributed by atoms with van der Waals surface area (Å²) < 4.78 is 6.27. The molecule has 0 saturated heterocycles. The van der Waals surface area contributed by atoms with Crippen molar-refractivity contribution in [2.75, 3.05) is 0 Å². The highest BCUT2D eigenvalue weighted by atomic mass is 16.4. The second-order valence-corrected chi connectivity index (χ2v) is 6.35. The van der Waals surface area contributed by atoms with Crippen molar-refractivity contribution in [3.8, 4) is 0 Å². The van der Waals surface area contributed by atoms with Crippen molar-refractivity contribution < 1.29 is 4.42 Å². The van der Waals surface area contributed by atoms with Gasteiger partial charge in [0.2, 0.25) is 0 Å². The number of hydrogen-bond donors (Lipinski definition) is 0. The fourth-order valence-corrected chi connectivity index (χ4v) is 4.11. The second-order valence-electron chi connectivity index (χ2n) is 6.35. The van der Waals surface area contributed by atoms with Crippen molar-refractivity contribution in [1.82, 2.24) is 0 Å². The van der Waals surface area contributed by atoms with Crippen LogP contribution in [0.15, 0.2) is 60.7 Å². The molecule has 4 atom stereocenters. The van der Waals surface area contributed by atoms with Crippen molar-refractivity contribution in [1.29, 1.82) is 0 Å². The SMILES string of the molecule is CC1=[O+]C2C(CCC3C=CC=CC32)C(c2ccccc2)=C1. The molecule has 2 aliphatic carbocycles. The molecule has 0 amide bonds. The Bertz CT molecular complexity index is 648. The number of benzene rings is 1. The Labute approximate surface area is 126 Å². The summed E-state index contributed by atoms with van der Waals surface area (Å²) in [5.41, 5.74) is 2.81. The maximum Gasteiger partial charge on any atom is 0.317 e. The summed E-state index contributed by atoms with van der Waals surface area (Å²) in [6, 6.07) is 10.8. The molecular formula is C20H21O+. The lowest BCUT2D eigenvalue weighted by molar-refractivity contribution is -0.524. The molecule has 0 N–H and O–H groups in total. The number of hydrogen-bond acceptors (Lipinski definition) is 0. The van der Waals surface area contributed by atoms with Crippen LogP contribution in [0, 0.1) is 17.8 Å². The largest absolute Gasteiger partial charge is 0.317 e. The van der Waals surface area contributed by atoms with Crippen LogP contribution in [0.1, 0.15) is 25.3 Å². The zero-order chi connectivity index (χ0) is 14.2. The first-order valence-electron chi connectivity index (χ1n) is 7.95. The number of allylic oxidation sites excluding steroid dienone is 4. The van der Waals surface area contributed by atoms with E-state index in [1.807, 2.05) is 0 Å². The lowest BCUT2D eigenvalue weighted by Gasteiger charge is -2.36. The molecule has 4 rings (SSSR count). The van der Waals surface area contributed by atoms with Crippen LogP contribution in [0.5, 0.6) is 0 Å². The third kappa shape index (κ3) is 2.21. The van der Waals surface area contributed by atoms with Crippen molar-refractivity contribution in [2.45, 2.75) is 25.9 Å². The molecule has 1 fully saturated rings. The van der Waals surface area contributed by atoms with E-state index < -0.39 is 0 Å². The molecule has 1 heterocycles. The lowest BCUT2D eigenvalue weighted by Crippen LogP contribution is -2.41. The smallest absolute Gasteiger partial charge is 0.255 e. The van der Waals surface area contributed by atoms with Crippen LogP contribution in [0.3, 0.4) is 0 Å². The van der Waals surface area contributed by atoms with Gasteiger partial charge < -0.3 is 0 Å². The van der Waals surface area contributed by atoms with Crippen molar-refractivity contribution in [2.24, 2.45) is 17.8 Å². The topological polar surface area (TPSA) is 11.3 Å². The molecule has 0 bridgehead atoms. The number of ketones is 1. The fraction of sp³-hybridized carbons (Fsp3) is 0.350. The minimum absolute atomic E-state index is 0.296. The monoisotopic (exact) mass is 277 g/mol. The Hall–Kier alpha value is -1.89. The molecule has 1 aromatic rings. The molecule has 0 spiro atoms. The second kappa shape index (κ2) is 5.14. The lowest BCUT2D eigenvalue weighted by atomic mass is 9.66. The van der Waals surface area contributed by atoms with Gasteiger partial charge in [-0.3, -0.25) is 4.42 Å². The molecule has 106 valence electrons. The van der Waals surface area contributed by atoms with Gasteiger partial charge in [0.05, 0.1) is 18.8 Å². The average molecular weight is 277 g/mol. The number of fused-ring (bicyclic) bond motifs is 3. The normalized spacial score (nSPS) is 33.8. The Morgan fingerprint density at radius 2 is 1.81 bits per heavy atom. The first-order chi connectivity index (χ1) is 10.3. The average Bonchev–Trinajstić information content (AvgIpc) is 2.55. The molecule has 0 radical (unpaired) electrons. The summed E-state index contributed by atoms with van der Waals surface area (Å²) in [5, 5.41) is 0. The summed E-state index contributed by atoms with van der Waals surface area (Å²) in [6.07, 6.45) is 14.1. The van der Waals surface area contributed by atoms with E-state index in [1.54, 1.807) is 0 Å². The third-order valence-electron chi connectivity index (χ3n) is 5.07. The molecule has 1 saturated carbocycles. The van der Waals surface area contributed by atoms with Gasteiger partial charge in [0.25, 0.3) is 6.10 Å². The van der Waals surface area contributed by atoms with Crippen LogP contribution in [0.2, 0.25) is 0 Å². The Kier molecular flexibility index (Phi) is 3.14. The van der Waals surface area contributed by atoms with Crippen molar-refractivity contribution in [3.05, 3.63) is 66.3 Å². The summed E-state index contributed by atoms with van der Waals surface area (Å²) >= 11 is 0. The number of carbonyl (C=O) groups excluding carboxylic acids is 1. The maximum atomic E-state index is 6.27. The van der Waals surface area contributed by atoms with E-state index in [9.17, 15) is 0 Å². The fourth-order valence-electron chi connectivity index (χ4n) is 4.11. The van der Waals surface area contributed by atoms with E-state index in [-0.39, 0.29) is 0 Å². The highest BCUT2D eigenvalue weighted by Crippen LogP contribution is 2.45. The number of rotatable bonds is 1. The quantitative estimate of drug-likeness (QED) is 0.676. The Morgan fingerprint density at radius 3 is 2.67 bits per heavy atom. The van der Waals surface area contributed by atoms with Gasteiger partial charge in [-0.1, -0.05) is 54.6 Å². The molecule has 21 heavy (non-hydrogen) atoms. The van der Waals surface area contributed by atoms with Crippen LogP contribution >= 0.6 is 0 Å². The minimum Gasteiger partial charge on any atom is -0.255 e.